The lowest BCUT2D eigenvalue weighted by molar-refractivity contribution is 0.0223. The van der Waals surface area contributed by atoms with E-state index in [1.54, 1.807) is 6.07 Å². The fraction of sp³-hybridized carbons (Fsp3) is 0.0750. The molecule has 4 heterocycles. The number of benzene rings is 5. The summed E-state index contributed by atoms with van der Waals surface area (Å²) in [5.41, 5.74) is 5.95. The molecule has 1 spiro atoms. The number of halogens is 2. The lowest BCUT2D eigenvalue weighted by Crippen LogP contribution is -2.34. The van der Waals surface area contributed by atoms with Gasteiger partial charge in [-0.3, -0.25) is 0 Å². The Bertz CT molecular complexity index is 2410. The summed E-state index contributed by atoms with van der Waals surface area (Å²) in [5, 5.41) is 29.8. The number of hydrogen-bond acceptors (Lipinski definition) is 9. The smallest absolute Gasteiger partial charge is 0.340 e. The standard InChI is InChI=1S/C40H22Cl2N4O3S2/c1-19-21(24(17-43)37-45-31-7-3-5-9-33(31)50-37)11-13-26-35(19)48-36-20(2)22(25(18-44)38-46-32-8-4-6-10-34(32)51-38)12-14-27(36)40(26)28-16-30(42)29(41)15-23(28)39(47)49-40/h3-16,45-46H,1-2H3/b37-24-,38-25-. The van der Waals surface area contributed by atoms with Crippen LogP contribution in [0.5, 0.6) is 11.5 Å². The largest absolute Gasteiger partial charge is 0.456 e. The zero-order valence-electron chi connectivity index (χ0n) is 26.8. The van der Waals surface area contributed by atoms with Crippen LogP contribution < -0.4 is 15.4 Å². The number of fused-ring (bicyclic) bond motifs is 8. The maximum Gasteiger partial charge on any atom is 0.340 e. The third-order valence-corrected chi connectivity index (χ3v) is 12.5. The summed E-state index contributed by atoms with van der Waals surface area (Å²) in [6.45, 7) is 3.78. The van der Waals surface area contributed by atoms with Crippen molar-refractivity contribution in [2.24, 2.45) is 0 Å². The van der Waals surface area contributed by atoms with Crippen LogP contribution in [-0.2, 0) is 10.3 Å². The first-order valence-electron chi connectivity index (χ1n) is 15.8. The number of rotatable bonds is 2. The number of esters is 1. The van der Waals surface area contributed by atoms with Gasteiger partial charge in [0.1, 0.15) is 23.6 Å². The fourth-order valence-corrected chi connectivity index (χ4v) is 9.53. The minimum absolute atomic E-state index is 0.232. The van der Waals surface area contributed by atoms with Gasteiger partial charge in [0.05, 0.1) is 48.2 Å². The van der Waals surface area contributed by atoms with Gasteiger partial charge < -0.3 is 20.1 Å². The van der Waals surface area contributed by atoms with Crippen LogP contribution in [0.2, 0.25) is 10.0 Å². The Hall–Kier alpha value is -5.29. The van der Waals surface area contributed by atoms with Crippen LogP contribution in [0.4, 0.5) is 11.4 Å². The number of anilines is 2. The molecular weight excluding hydrogens is 720 g/mol. The minimum atomic E-state index is -1.46. The van der Waals surface area contributed by atoms with Gasteiger partial charge in [0.15, 0.2) is 5.60 Å². The van der Waals surface area contributed by atoms with E-state index >= 15 is 0 Å². The number of thioether (sulfide) groups is 2. The zero-order valence-corrected chi connectivity index (χ0v) is 29.9. The SMILES string of the molecule is Cc1c(/C(C#N)=C2/Nc3ccccc3S2)ccc2c1Oc1c(ccc(/C(C#N)=C3/Nc4ccccc4S3)c1C)C21OC(=O)c2cc(Cl)c(Cl)cc21. The molecule has 0 bridgehead atoms. The molecule has 51 heavy (non-hydrogen) atoms. The highest BCUT2D eigenvalue weighted by Gasteiger charge is 2.55. The molecule has 0 aromatic heterocycles. The van der Waals surface area contributed by atoms with Crippen LogP contribution in [0.25, 0.3) is 11.1 Å². The molecule has 0 fully saturated rings. The second-order valence-corrected chi connectivity index (χ2v) is 15.2. The highest BCUT2D eigenvalue weighted by atomic mass is 35.5. The number of carbonyl (C=O) groups is 1. The summed E-state index contributed by atoms with van der Waals surface area (Å²) in [6, 6.07) is 31.2. The first kappa shape index (κ1) is 31.7. The molecule has 0 saturated carbocycles. The molecule has 9 rings (SSSR count). The van der Waals surface area contributed by atoms with Gasteiger partial charge >= 0.3 is 5.97 Å². The summed E-state index contributed by atoms with van der Waals surface area (Å²) in [7, 11) is 0. The van der Waals surface area contributed by atoms with Gasteiger partial charge in [-0.15, -0.1) is 0 Å². The monoisotopic (exact) mass is 740 g/mol. The van der Waals surface area contributed by atoms with Crippen molar-refractivity contribution in [3.05, 3.63) is 150 Å². The van der Waals surface area contributed by atoms with Crippen LogP contribution in [-0.4, -0.2) is 5.97 Å². The summed E-state index contributed by atoms with van der Waals surface area (Å²) in [5.74, 6) is 0.319. The maximum absolute atomic E-state index is 13.7. The number of carbonyl (C=O) groups excluding carboxylic acids is 1. The highest BCUT2D eigenvalue weighted by Crippen LogP contribution is 2.60. The van der Waals surface area contributed by atoms with Gasteiger partial charge in [0.2, 0.25) is 0 Å². The topological polar surface area (TPSA) is 107 Å². The van der Waals surface area contributed by atoms with E-state index in [9.17, 15) is 15.3 Å². The van der Waals surface area contributed by atoms with Crippen LogP contribution in [0.3, 0.4) is 0 Å². The molecule has 0 aliphatic carbocycles. The molecule has 2 N–H and O–H groups in total. The Morgan fingerprint density at radius 2 is 1.20 bits per heavy atom. The van der Waals surface area contributed by atoms with Crippen LogP contribution >= 0.6 is 46.7 Å². The number of nitrogens with zero attached hydrogens (tertiary/aromatic N) is 2. The Kier molecular flexibility index (Phi) is 7.22. The normalized spacial score (nSPS) is 17.3. The molecule has 0 unspecified atom stereocenters. The van der Waals surface area contributed by atoms with Gasteiger partial charge in [-0.05, 0) is 62.4 Å². The van der Waals surface area contributed by atoms with E-state index in [1.165, 1.54) is 29.6 Å². The Morgan fingerprint density at radius 3 is 1.69 bits per heavy atom. The number of nitrogens with one attached hydrogen (secondary N) is 2. The second kappa shape index (κ2) is 11.6. The van der Waals surface area contributed by atoms with Crippen LogP contribution in [0.15, 0.2) is 105 Å². The molecule has 5 aromatic carbocycles. The van der Waals surface area contributed by atoms with Crippen LogP contribution in [0, 0.1) is 36.5 Å². The molecule has 0 radical (unpaired) electrons. The fourth-order valence-electron chi connectivity index (χ4n) is 7.17. The first-order chi connectivity index (χ1) is 24.7. The minimum Gasteiger partial charge on any atom is -0.456 e. The van der Waals surface area contributed by atoms with Crippen molar-refractivity contribution in [2.45, 2.75) is 29.2 Å². The van der Waals surface area contributed by atoms with Crippen LogP contribution in [0.1, 0.15) is 49.3 Å². The lowest BCUT2D eigenvalue weighted by atomic mass is 9.75. The van der Waals surface area contributed by atoms with Gasteiger partial charge in [-0.25, -0.2) is 4.79 Å². The Morgan fingerprint density at radius 1 is 0.706 bits per heavy atom. The van der Waals surface area contributed by atoms with Gasteiger partial charge in [0, 0.05) is 48.7 Å². The van der Waals surface area contributed by atoms with Crippen molar-refractivity contribution in [3.8, 4) is 23.6 Å². The predicted octanol–water partition coefficient (Wildman–Crippen LogP) is 11.0. The third kappa shape index (κ3) is 4.56. The van der Waals surface area contributed by atoms with Crippen molar-refractivity contribution in [1.29, 1.82) is 10.5 Å². The molecule has 11 heteroatoms. The quantitative estimate of drug-likeness (QED) is 0.135. The molecule has 0 saturated heterocycles. The number of para-hydroxylation sites is 2. The number of nitriles is 2. The average molecular weight is 742 g/mol. The molecule has 0 amide bonds. The van der Waals surface area contributed by atoms with Crippen molar-refractivity contribution >= 4 is 75.2 Å². The van der Waals surface area contributed by atoms with Gasteiger partial charge in [-0.1, -0.05) is 83.1 Å². The number of hydrogen-bond donors (Lipinski definition) is 2. The van der Waals surface area contributed by atoms with Crippen molar-refractivity contribution in [3.63, 3.8) is 0 Å². The van der Waals surface area contributed by atoms with E-state index in [4.69, 9.17) is 32.7 Å². The molecule has 4 aliphatic heterocycles. The van der Waals surface area contributed by atoms with E-state index in [-0.39, 0.29) is 10.0 Å². The Balaban J connectivity index is 1.27. The molecule has 4 aliphatic rings. The summed E-state index contributed by atoms with van der Waals surface area (Å²) >= 11 is 16.0. The predicted molar refractivity (Wildman–Crippen MR) is 201 cm³/mol. The van der Waals surface area contributed by atoms with Crippen molar-refractivity contribution in [2.75, 3.05) is 10.6 Å². The van der Waals surface area contributed by atoms with Crippen molar-refractivity contribution in [1.82, 2.24) is 0 Å². The molecule has 0 atom stereocenters. The maximum atomic E-state index is 13.7. The summed E-state index contributed by atoms with van der Waals surface area (Å²) in [6.07, 6.45) is 0. The van der Waals surface area contributed by atoms with E-state index in [2.05, 4.69) is 22.8 Å². The van der Waals surface area contributed by atoms with Gasteiger partial charge in [0.25, 0.3) is 0 Å². The average Bonchev–Trinajstić information content (AvgIpc) is 3.83. The third-order valence-electron chi connectivity index (χ3n) is 9.59. The van der Waals surface area contributed by atoms with Crippen molar-refractivity contribution < 1.29 is 14.3 Å². The van der Waals surface area contributed by atoms with Gasteiger partial charge in [-0.2, -0.15) is 10.5 Å². The van der Waals surface area contributed by atoms with E-state index in [0.717, 1.165) is 21.2 Å². The molecule has 7 nitrogen and oxygen atoms in total. The zero-order chi connectivity index (χ0) is 35.2. The summed E-state index contributed by atoms with van der Waals surface area (Å²) < 4.78 is 13.3. The van der Waals surface area contributed by atoms with E-state index in [0.29, 0.717) is 77.2 Å². The Labute approximate surface area is 311 Å². The number of allylic oxidation sites excluding steroid dienone is 2. The first-order valence-corrected chi connectivity index (χ1v) is 18.2. The van der Waals surface area contributed by atoms with E-state index < -0.39 is 11.6 Å². The molecule has 246 valence electrons. The molecule has 5 aromatic rings. The molecular formula is C40H22Cl2N4O3S2. The lowest BCUT2D eigenvalue weighted by Gasteiger charge is -2.38. The van der Waals surface area contributed by atoms with E-state index in [1.807, 2.05) is 86.6 Å². The number of ether oxygens (including phenoxy) is 2. The highest BCUT2D eigenvalue weighted by molar-refractivity contribution is 8.04. The second-order valence-electron chi connectivity index (χ2n) is 12.3. The summed E-state index contributed by atoms with van der Waals surface area (Å²) in [4.78, 5) is 15.8.